The highest BCUT2D eigenvalue weighted by Crippen LogP contribution is 2.59. The largest absolute Gasteiger partial charge is 0.502 e. The van der Waals surface area contributed by atoms with Gasteiger partial charge in [0.15, 0.2) is 71.2 Å². The van der Waals surface area contributed by atoms with Crippen LogP contribution in [0.2, 0.25) is 0 Å². The number of rotatable bonds is 11. The molecule has 6 saturated heterocycles. The SMILES string of the molecule is COc1cc([C@@H]2c3cc4c(cc3C(O[C@@H]3O[C@@H]5COC(c6cccs6)O[C@H]5[C@H](O)[C@H]3O)C3COC(=O)[C@@H]32)OCO4)cc(OC)c1O.COc1cc([C@@H]2c3cc4c(cc3[C@@H](O[C@@H]3O[C@@H]5CO[C@@H](C)O[C@H]5[C@H](O)[C@H]3O)[C@H]3COC(=O)[C@H]23)OCO4)cc(OC)c1O. The molecule has 26 nitrogen and oxygen atoms in total. The van der Waals surface area contributed by atoms with Gasteiger partial charge in [0.25, 0.3) is 0 Å². The summed E-state index contributed by atoms with van der Waals surface area (Å²) in [7, 11) is 5.72. The highest BCUT2D eigenvalue weighted by Gasteiger charge is 2.59. The molecule has 27 heteroatoms. The molecule has 0 spiro atoms. The van der Waals surface area contributed by atoms with Gasteiger partial charge in [-0.1, -0.05) is 6.07 Å². The summed E-state index contributed by atoms with van der Waals surface area (Å²) in [6.45, 7) is 2.10. The highest BCUT2D eigenvalue weighted by molar-refractivity contribution is 7.10. The summed E-state index contributed by atoms with van der Waals surface area (Å²) in [5.74, 6) is -2.11. The van der Waals surface area contributed by atoms with Crippen LogP contribution in [0.1, 0.15) is 75.5 Å². The molecular weight excluding hydrogens is 1180 g/mol. The third-order valence-corrected chi connectivity index (χ3v) is 19.0. The van der Waals surface area contributed by atoms with E-state index >= 15 is 0 Å². The molecular formula is C61H64O26S. The Labute approximate surface area is 505 Å². The number of benzene rings is 4. The fraction of sp³-hybridized carbons (Fsp3) is 0.508. The summed E-state index contributed by atoms with van der Waals surface area (Å²) >= 11 is 1.46. The standard InChI is InChI=1S/C32H32O13S.C29H32O13/c1-37-19-6-13(7-20(38-2)25(19)33)23-14-8-17-18(42-12-41-17)9-15(14)28(16-10-39-30(36)24(16)23)44-32-27(35)26(34)29-21(43-32)11-40-31(45-29)22-4-3-5-46-22;1-11-36-9-20-27(40-11)24(31)25(32)29(41-20)42-26-14-7-17-16(38-10-39-17)6-13(14)21(22-15(26)8-37-28(22)33)12-4-18(34-2)23(30)19(5-12)35-3/h3-9,16,21,23-24,26-29,31-35H,10-12H2,1-2H3;4-7,11,15,20-22,24-27,29-32H,8-10H2,1-3H3/t16?,21-,23-,24+,26-,27-,28?,29-,31?,32+;11-,15+,20-,21-,22+,24-,25-,26-,27-,29+/m11/s1. The van der Waals surface area contributed by atoms with Crippen molar-refractivity contribution in [3.8, 4) is 57.5 Å². The second-order valence-electron chi connectivity index (χ2n) is 22.8. The van der Waals surface area contributed by atoms with E-state index in [1.54, 1.807) is 49.4 Å². The summed E-state index contributed by atoms with van der Waals surface area (Å²) < 4.78 is 104. The predicted molar refractivity (Wildman–Crippen MR) is 294 cm³/mol. The zero-order valence-electron chi connectivity index (χ0n) is 47.9. The van der Waals surface area contributed by atoms with E-state index in [4.69, 9.17) is 85.3 Å². The predicted octanol–water partition coefficient (Wildman–Crippen LogP) is 4.09. The van der Waals surface area contributed by atoms with E-state index in [-0.39, 0.29) is 74.5 Å². The molecule has 0 amide bonds. The van der Waals surface area contributed by atoms with Gasteiger partial charge < -0.3 is 116 Å². The smallest absolute Gasteiger partial charge is 0.310 e. The Morgan fingerprint density at radius 1 is 0.500 bits per heavy atom. The third-order valence-electron chi connectivity index (χ3n) is 18.1. The number of fused-ring (bicyclic) bond motifs is 8. The third kappa shape index (κ3) is 9.94. The molecule has 0 bridgehead atoms. The van der Waals surface area contributed by atoms with Crippen LogP contribution in [0.5, 0.6) is 57.5 Å². The van der Waals surface area contributed by atoms with Crippen molar-refractivity contribution in [3.63, 3.8) is 0 Å². The summed E-state index contributed by atoms with van der Waals surface area (Å²) in [5, 5.41) is 67.5. The van der Waals surface area contributed by atoms with Gasteiger partial charge in [-0.2, -0.15) is 0 Å². The quantitative estimate of drug-likeness (QED) is 0.101. The molecule has 2 aliphatic carbocycles. The molecule has 5 aromatic rings. The molecule has 15 rings (SSSR count). The lowest BCUT2D eigenvalue weighted by Crippen LogP contribution is -2.63. The number of phenols is 2. The van der Waals surface area contributed by atoms with Gasteiger partial charge in [0, 0.05) is 23.7 Å². The second-order valence-corrected chi connectivity index (χ2v) is 23.7. The molecule has 9 heterocycles. The van der Waals surface area contributed by atoms with Gasteiger partial charge in [0.1, 0.15) is 48.8 Å². The number of thiophene rings is 1. The van der Waals surface area contributed by atoms with Gasteiger partial charge in [-0.05, 0) is 100 Å². The fourth-order valence-electron chi connectivity index (χ4n) is 13.9. The average molecular weight is 1250 g/mol. The zero-order chi connectivity index (χ0) is 61.0. The van der Waals surface area contributed by atoms with Crippen molar-refractivity contribution in [2.45, 2.75) is 105 Å². The van der Waals surface area contributed by atoms with Crippen LogP contribution in [0.3, 0.4) is 0 Å². The van der Waals surface area contributed by atoms with Gasteiger partial charge in [0.2, 0.25) is 25.1 Å². The van der Waals surface area contributed by atoms with Crippen LogP contribution >= 0.6 is 11.3 Å². The first kappa shape index (κ1) is 58.7. The van der Waals surface area contributed by atoms with Crippen LogP contribution in [-0.4, -0.2) is 179 Å². The first-order valence-electron chi connectivity index (χ1n) is 28.7. The molecule has 88 heavy (non-hydrogen) atoms. The zero-order valence-corrected chi connectivity index (χ0v) is 48.7. The molecule has 6 N–H and O–H groups in total. The fourth-order valence-corrected chi connectivity index (χ4v) is 14.6. The van der Waals surface area contributed by atoms with E-state index in [2.05, 4.69) is 0 Å². The van der Waals surface area contributed by atoms with Gasteiger partial charge in [-0.15, -0.1) is 11.3 Å². The van der Waals surface area contributed by atoms with Crippen LogP contribution in [0.4, 0.5) is 0 Å². The summed E-state index contributed by atoms with van der Waals surface area (Å²) in [6, 6.07) is 17.6. The molecule has 0 saturated carbocycles. The van der Waals surface area contributed by atoms with Crippen molar-refractivity contribution in [1.29, 1.82) is 0 Å². The van der Waals surface area contributed by atoms with Crippen LogP contribution < -0.4 is 37.9 Å². The molecule has 20 atom stereocenters. The summed E-state index contributed by atoms with van der Waals surface area (Å²) in [4.78, 5) is 27.7. The van der Waals surface area contributed by atoms with Crippen molar-refractivity contribution in [1.82, 2.24) is 0 Å². The van der Waals surface area contributed by atoms with Crippen LogP contribution in [0.25, 0.3) is 0 Å². The molecule has 0 radical (unpaired) electrons. The maximum absolute atomic E-state index is 13.5. The number of carbonyl (C=O) groups excluding carboxylic acids is 2. The van der Waals surface area contributed by atoms with Crippen molar-refractivity contribution in [2.75, 3.05) is 68.5 Å². The lowest BCUT2D eigenvalue weighted by Gasteiger charge is -2.48. The minimum absolute atomic E-state index is 0.0242. The molecule has 4 aromatic carbocycles. The van der Waals surface area contributed by atoms with Gasteiger partial charge in [-0.3, -0.25) is 9.59 Å². The topological polar surface area (TPSA) is 322 Å². The number of aliphatic hydroxyl groups is 4. The molecule has 470 valence electrons. The highest BCUT2D eigenvalue weighted by atomic mass is 32.1. The Morgan fingerprint density at radius 2 is 0.920 bits per heavy atom. The Morgan fingerprint density at radius 3 is 1.34 bits per heavy atom. The molecule has 3 unspecified atom stereocenters. The van der Waals surface area contributed by atoms with Crippen LogP contribution in [0, 0.1) is 23.7 Å². The maximum Gasteiger partial charge on any atom is 0.310 e. The van der Waals surface area contributed by atoms with E-state index in [0.717, 1.165) is 4.88 Å². The minimum Gasteiger partial charge on any atom is -0.502 e. The molecule has 6 fully saturated rings. The number of ether oxygens (including phenoxy) is 18. The van der Waals surface area contributed by atoms with Crippen molar-refractivity contribution in [3.05, 3.63) is 104 Å². The normalized spacial score (nSPS) is 35.3. The van der Waals surface area contributed by atoms with E-state index in [1.807, 2.05) is 23.6 Å². The van der Waals surface area contributed by atoms with Crippen LogP contribution in [-0.2, 0) is 57.0 Å². The van der Waals surface area contributed by atoms with Crippen LogP contribution in [0.15, 0.2) is 66.0 Å². The minimum atomic E-state index is -1.47. The van der Waals surface area contributed by atoms with E-state index in [1.165, 1.54) is 39.8 Å². The van der Waals surface area contributed by atoms with E-state index < -0.39 is 134 Å². The molecule has 10 aliphatic rings. The molecule has 1 aromatic heterocycles. The Balaban J connectivity index is 0.000000155. The lowest BCUT2D eigenvalue weighted by molar-refractivity contribution is -0.368. The Kier molecular flexibility index (Phi) is 15.6. The summed E-state index contributed by atoms with van der Waals surface area (Å²) in [5.41, 5.74) is 4.01. The number of hydrogen-bond donors (Lipinski definition) is 6. The first-order chi connectivity index (χ1) is 42.6. The lowest BCUT2D eigenvalue weighted by atomic mass is 9.66. The number of carbonyl (C=O) groups is 2. The monoisotopic (exact) mass is 1240 g/mol. The number of methoxy groups -OCH3 is 4. The van der Waals surface area contributed by atoms with Gasteiger partial charge in [-0.25, -0.2) is 0 Å². The maximum atomic E-state index is 13.5. The number of cyclic esters (lactones) is 2. The van der Waals surface area contributed by atoms with E-state index in [0.29, 0.717) is 56.4 Å². The number of aromatic hydroxyl groups is 2. The number of hydrogen-bond acceptors (Lipinski definition) is 27. The van der Waals surface area contributed by atoms with Crippen molar-refractivity contribution in [2.24, 2.45) is 23.7 Å². The number of aliphatic hydroxyl groups excluding tert-OH is 4. The molecule has 8 aliphatic heterocycles. The summed E-state index contributed by atoms with van der Waals surface area (Å²) in [6.07, 6.45) is -14.0. The number of esters is 2. The first-order valence-corrected chi connectivity index (χ1v) is 29.5. The van der Waals surface area contributed by atoms with E-state index in [9.17, 15) is 40.2 Å². The van der Waals surface area contributed by atoms with Crippen molar-refractivity contribution >= 4 is 23.3 Å². The average Bonchev–Trinajstić information content (AvgIpc) is 1.48. The Hall–Kier alpha value is -6.96. The number of phenolic OH excluding ortho intramolecular Hbond substituents is 2. The Bertz CT molecular complexity index is 3400. The van der Waals surface area contributed by atoms with Crippen molar-refractivity contribution < 1.29 is 125 Å². The second kappa shape index (κ2) is 23.4. The van der Waals surface area contributed by atoms with Gasteiger partial charge >= 0.3 is 11.9 Å². The van der Waals surface area contributed by atoms with Gasteiger partial charge in [0.05, 0.1) is 83.8 Å².